The van der Waals surface area contributed by atoms with Crippen LogP contribution in [0.2, 0.25) is 0 Å². The second-order valence-electron chi connectivity index (χ2n) is 6.98. The highest BCUT2D eigenvalue weighted by Gasteiger charge is 2.14. The van der Waals surface area contributed by atoms with Crippen LogP contribution in [-0.4, -0.2) is 0 Å². The third kappa shape index (κ3) is 4.03. The minimum Gasteiger partial charge on any atom is -0.0807 e. The number of allylic oxidation sites excluding steroid dienone is 3. The summed E-state index contributed by atoms with van der Waals surface area (Å²) in [5.41, 5.74) is 6.73. The molecule has 0 spiro atoms. The Morgan fingerprint density at radius 2 is 1.31 bits per heavy atom. The Labute approximate surface area is 156 Å². The molecule has 0 bridgehead atoms. The first-order valence-electron chi connectivity index (χ1n) is 9.46. The molecule has 26 heavy (non-hydrogen) atoms. The Hall–Kier alpha value is -2.86. The molecule has 0 aliphatic heterocycles. The van der Waals surface area contributed by atoms with E-state index in [1.165, 1.54) is 34.2 Å². The van der Waals surface area contributed by atoms with E-state index in [4.69, 9.17) is 0 Å². The summed E-state index contributed by atoms with van der Waals surface area (Å²) in [5, 5.41) is 0. The van der Waals surface area contributed by atoms with E-state index in [0.717, 1.165) is 12.8 Å². The van der Waals surface area contributed by atoms with Crippen LogP contribution < -0.4 is 0 Å². The van der Waals surface area contributed by atoms with Crippen LogP contribution in [0.4, 0.5) is 0 Å². The maximum atomic E-state index is 2.41. The molecule has 0 saturated carbocycles. The lowest BCUT2D eigenvalue weighted by atomic mass is 9.84. The van der Waals surface area contributed by atoms with Gasteiger partial charge in [0.1, 0.15) is 0 Å². The molecule has 0 N–H and O–H groups in total. The van der Waals surface area contributed by atoms with Gasteiger partial charge in [-0.2, -0.15) is 0 Å². The van der Waals surface area contributed by atoms with Gasteiger partial charge in [0.25, 0.3) is 0 Å². The Balaban J connectivity index is 1.40. The molecule has 0 radical (unpaired) electrons. The summed E-state index contributed by atoms with van der Waals surface area (Å²) in [6.45, 7) is 0. The van der Waals surface area contributed by atoms with Gasteiger partial charge < -0.3 is 0 Å². The van der Waals surface area contributed by atoms with Crippen molar-refractivity contribution in [2.45, 2.75) is 25.2 Å². The zero-order chi connectivity index (χ0) is 17.6. The maximum absolute atomic E-state index is 2.41. The van der Waals surface area contributed by atoms with Gasteiger partial charge >= 0.3 is 0 Å². The first-order valence-corrected chi connectivity index (χ1v) is 9.46. The Kier molecular flexibility index (Phi) is 5.12. The van der Waals surface area contributed by atoms with Crippen LogP contribution in [-0.2, 0) is 0 Å². The molecule has 0 amide bonds. The van der Waals surface area contributed by atoms with Gasteiger partial charge in [-0.15, -0.1) is 0 Å². The van der Waals surface area contributed by atoms with E-state index in [-0.39, 0.29) is 0 Å². The van der Waals surface area contributed by atoms with Gasteiger partial charge in [0.2, 0.25) is 0 Å². The quantitative estimate of drug-likeness (QED) is 0.470. The van der Waals surface area contributed by atoms with Crippen LogP contribution in [0.5, 0.6) is 0 Å². The molecule has 0 saturated heterocycles. The van der Waals surface area contributed by atoms with Crippen molar-refractivity contribution in [1.29, 1.82) is 0 Å². The zero-order valence-electron chi connectivity index (χ0n) is 15.0. The lowest BCUT2D eigenvalue weighted by molar-refractivity contribution is 0.606. The predicted octanol–water partition coefficient (Wildman–Crippen LogP) is 7.26. The van der Waals surface area contributed by atoms with Crippen LogP contribution >= 0.6 is 0 Å². The molecule has 0 heterocycles. The van der Waals surface area contributed by atoms with Crippen molar-refractivity contribution in [1.82, 2.24) is 0 Å². The minimum absolute atomic E-state index is 0.679. The van der Waals surface area contributed by atoms with Gasteiger partial charge in [-0.3, -0.25) is 0 Å². The van der Waals surface area contributed by atoms with Crippen molar-refractivity contribution in [3.05, 3.63) is 114 Å². The van der Waals surface area contributed by atoms with E-state index in [1.807, 2.05) is 0 Å². The van der Waals surface area contributed by atoms with E-state index in [9.17, 15) is 0 Å². The molecule has 0 fully saturated rings. The van der Waals surface area contributed by atoms with Crippen LogP contribution in [0.15, 0.2) is 103 Å². The van der Waals surface area contributed by atoms with E-state index >= 15 is 0 Å². The molecular formula is C26H24. The number of benzene rings is 3. The van der Waals surface area contributed by atoms with Gasteiger partial charge in [0, 0.05) is 0 Å². The lowest BCUT2D eigenvalue weighted by Crippen LogP contribution is -2.03. The highest BCUT2D eigenvalue weighted by molar-refractivity contribution is 5.66. The second-order valence-corrected chi connectivity index (χ2v) is 6.98. The largest absolute Gasteiger partial charge is 0.0807 e. The van der Waals surface area contributed by atoms with E-state index in [0.29, 0.717) is 5.92 Å². The topological polar surface area (TPSA) is 0 Å². The van der Waals surface area contributed by atoms with Crippen molar-refractivity contribution < 1.29 is 0 Å². The van der Waals surface area contributed by atoms with Crippen molar-refractivity contribution in [2.75, 3.05) is 0 Å². The first kappa shape index (κ1) is 16.6. The van der Waals surface area contributed by atoms with Gasteiger partial charge in [-0.05, 0) is 47.4 Å². The maximum Gasteiger partial charge on any atom is -0.0124 e. The predicted molar refractivity (Wildman–Crippen MR) is 112 cm³/mol. The smallest absolute Gasteiger partial charge is 0.0124 e. The summed E-state index contributed by atoms with van der Waals surface area (Å²) in [5.74, 6) is 0.679. The molecule has 4 rings (SSSR count). The number of hydrogen-bond acceptors (Lipinski definition) is 0. The summed E-state index contributed by atoms with van der Waals surface area (Å²) in [6.07, 6.45) is 10.5. The SMILES string of the molecule is C1=C(/C=C/c2ccc(-c3ccccc3)cc2)CCC(c2ccccc2)C1. The van der Waals surface area contributed by atoms with Gasteiger partial charge in [-0.1, -0.05) is 109 Å². The molecule has 128 valence electrons. The Morgan fingerprint density at radius 1 is 0.654 bits per heavy atom. The Morgan fingerprint density at radius 3 is 1.96 bits per heavy atom. The van der Waals surface area contributed by atoms with E-state index in [2.05, 4.69) is 103 Å². The highest BCUT2D eigenvalue weighted by Crippen LogP contribution is 2.32. The van der Waals surface area contributed by atoms with Crippen LogP contribution in [0, 0.1) is 0 Å². The average Bonchev–Trinajstić information content (AvgIpc) is 2.74. The third-order valence-corrected chi connectivity index (χ3v) is 5.22. The fourth-order valence-electron chi connectivity index (χ4n) is 3.65. The standard InChI is InChI=1S/C26H24/c1-3-7-23(8-4-1)25-17-13-21(14-18-25)11-12-22-15-19-26(20-16-22)24-9-5-2-6-10-24/h1-15,17-18,26H,16,19-20H2/b12-11+. The molecule has 0 nitrogen and oxygen atoms in total. The van der Waals surface area contributed by atoms with Crippen molar-refractivity contribution >= 4 is 6.08 Å². The van der Waals surface area contributed by atoms with Crippen LogP contribution in [0.3, 0.4) is 0 Å². The van der Waals surface area contributed by atoms with E-state index in [1.54, 1.807) is 0 Å². The first-order chi connectivity index (χ1) is 12.9. The van der Waals surface area contributed by atoms with Crippen molar-refractivity contribution in [3.8, 4) is 11.1 Å². The zero-order valence-corrected chi connectivity index (χ0v) is 15.0. The molecule has 3 aromatic carbocycles. The summed E-state index contributed by atoms with van der Waals surface area (Å²) in [6, 6.07) is 30.3. The van der Waals surface area contributed by atoms with Crippen LogP contribution in [0.25, 0.3) is 17.2 Å². The van der Waals surface area contributed by atoms with Gasteiger partial charge in [0.05, 0.1) is 0 Å². The van der Waals surface area contributed by atoms with Gasteiger partial charge in [-0.25, -0.2) is 0 Å². The molecule has 1 unspecified atom stereocenters. The summed E-state index contributed by atoms with van der Waals surface area (Å²) >= 11 is 0. The van der Waals surface area contributed by atoms with E-state index < -0.39 is 0 Å². The third-order valence-electron chi connectivity index (χ3n) is 5.22. The summed E-state index contributed by atoms with van der Waals surface area (Å²) < 4.78 is 0. The van der Waals surface area contributed by atoms with Crippen LogP contribution in [0.1, 0.15) is 36.3 Å². The molecule has 0 heteroatoms. The molecule has 3 aromatic rings. The van der Waals surface area contributed by atoms with Crippen molar-refractivity contribution in [3.63, 3.8) is 0 Å². The molecule has 0 aromatic heterocycles. The lowest BCUT2D eigenvalue weighted by Gasteiger charge is -2.21. The molecule has 1 aliphatic rings. The number of hydrogen-bond donors (Lipinski definition) is 0. The highest BCUT2D eigenvalue weighted by atomic mass is 14.2. The number of rotatable bonds is 4. The fourth-order valence-corrected chi connectivity index (χ4v) is 3.65. The summed E-state index contributed by atoms with van der Waals surface area (Å²) in [4.78, 5) is 0. The Bertz CT molecular complexity index is 884. The molecular weight excluding hydrogens is 312 g/mol. The average molecular weight is 336 g/mol. The normalized spacial score (nSPS) is 17.2. The second kappa shape index (κ2) is 8.01. The van der Waals surface area contributed by atoms with Gasteiger partial charge in [0.15, 0.2) is 0 Å². The fraction of sp³-hybridized carbons (Fsp3) is 0.154. The van der Waals surface area contributed by atoms with Crippen molar-refractivity contribution in [2.24, 2.45) is 0 Å². The molecule has 1 atom stereocenters. The summed E-state index contributed by atoms with van der Waals surface area (Å²) in [7, 11) is 0. The monoisotopic (exact) mass is 336 g/mol. The molecule has 1 aliphatic carbocycles. The minimum atomic E-state index is 0.679.